The highest BCUT2D eigenvalue weighted by Gasteiger charge is 2.29. The van der Waals surface area contributed by atoms with Crippen LogP contribution in [0, 0.1) is 0 Å². The zero-order chi connectivity index (χ0) is 14.7. The minimum absolute atomic E-state index is 0.514. The highest BCUT2D eigenvalue weighted by molar-refractivity contribution is 7.10. The molecule has 0 radical (unpaired) electrons. The Morgan fingerprint density at radius 1 is 1.24 bits per heavy atom. The number of nitrogens with zero attached hydrogens (tertiary/aromatic N) is 1. The Morgan fingerprint density at radius 2 is 2.05 bits per heavy atom. The Kier molecular flexibility index (Phi) is 4.73. The van der Waals surface area contributed by atoms with Gasteiger partial charge in [-0.05, 0) is 37.3 Å². The van der Waals surface area contributed by atoms with E-state index in [4.69, 9.17) is 0 Å². The Balaban J connectivity index is 1.67. The molecule has 0 bridgehead atoms. The summed E-state index contributed by atoms with van der Waals surface area (Å²) in [6.07, 6.45) is 1.11. The van der Waals surface area contributed by atoms with Gasteiger partial charge >= 0.3 is 0 Å². The van der Waals surface area contributed by atoms with Crippen molar-refractivity contribution in [1.29, 1.82) is 0 Å². The molecule has 2 heterocycles. The van der Waals surface area contributed by atoms with E-state index >= 15 is 0 Å². The number of piperazine rings is 1. The van der Waals surface area contributed by atoms with Crippen LogP contribution in [0.1, 0.15) is 30.3 Å². The lowest BCUT2D eigenvalue weighted by molar-refractivity contribution is 0.100. The molecule has 3 heteroatoms. The van der Waals surface area contributed by atoms with Crippen molar-refractivity contribution in [3.05, 3.63) is 58.3 Å². The van der Waals surface area contributed by atoms with Gasteiger partial charge in [0.05, 0.1) is 0 Å². The fraction of sp³-hybridized carbons (Fsp3) is 0.444. The van der Waals surface area contributed by atoms with Gasteiger partial charge < -0.3 is 5.32 Å². The van der Waals surface area contributed by atoms with Gasteiger partial charge in [-0.25, -0.2) is 0 Å². The van der Waals surface area contributed by atoms with Gasteiger partial charge in [0.1, 0.15) is 0 Å². The Bertz CT molecular complexity index is 538. The molecule has 1 saturated heterocycles. The molecular weight excluding hydrogens is 276 g/mol. The number of hydrogen-bond donors (Lipinski definition) is 1. The predicted octanol–water partition coefficient (Wildman–Crippen LogP) is 3.71. The molecule has 0 saturated carbocycles. The van der Waals surface area contributed by atoms with Crippen LogP contribution in [0.3, 0.4) is 0 Å². The summed E-state index contributed by atoms with van der Waals surface area (Å²) in [4.78, 5) is 4.12. The van der Waals surface area contributed by atoms with Crippen LogP contribution in [0.15, 0.2) is 47.8 Å². The second-order valence-electron chi connectivity index (χ2n) is 6.03. The molecule has 0 spiro atoms. The molecule has 0 aliphatic carbocycles. The van der Waals surface area contributed by atoms with E-state index in [9.17, 15) is 0 Å². The lowest BCUT2D eigenvalue weighted by Gasteiger charge is -2.42. The van der Waals surface area contributed by atoms with E-state index in [1.165, 1.54) is 10.4 Å². The highest BCUT2D eigenvalue weighted by Crippen LogP contribution is 2.28. The van der Waals surface area contributed by atoms with Crippen LogP contribution in [0.25, 0.3) is 0 Å². The number of rotatable bonds is 4. The van der Waals surface area contributed by atoms with Crippen molar-refractivity contribution in [3.8, 4) is 0 Å². The molecule has 21 heavy (non-hydrogen) atoms. The maximum atomic E-state index is 3.71. The van der Waals surface area contributed by atoms with E-state index in [1.807, 2.05) is 11.3 Å². The summed E-state index contributed by atoms with van der Waals surface area (Å²) in [6.45, 7) is 6.87. The number of hydrogen-bond acceptors (Lipinski definition) is 3. The third-order valence-corrected chi connectivity index (χ3v) is 5.52. The molecule has 1 fully saturated rings. The van der Waals surface area contributed by atoms with Crippen LogP contribution in [0.5, 0.6) is 0 Å². The molecule has 112 valence electrons. The van der Waals surface area contributed by atoms with Crippen molar-refractivity contribution in [2.45, 2.75) is 38.4 Å². The zero-order valence-corrected chi connectivity index (χ0v) is 13.6. The molecule has 0 amide bonds. The maximum Gasteiger partial charge on any atom is 0.0417 e. The molecule has 3 rings (SSSR count). The molecule has 3 unspecified atom stereocenters. The van der Waals surface area contributed by atoms with Crippen molar-refractivity contribution in [3.63, 3.8) is 0 Å². The summed E-state index contributed by atoms with van der Waals surface area (Å²) in [7, 11) is 0. The molecule has 3 atom stereocenters. The minimum atomic E-state index is 0.514. The lowest BCUT2D eigenvalue weighted by atomic mass is 10.0. The second-order valence-corrected chi connectivity index (χ2v) is 7.01. The molecule has 1 N–H and O–H groups in total. The second kappa shape index (κ2) is 6.73. The SMILES string of the molecule is CC1CNC(Cc2ccccc2)CN1C(C)c1cccs1. The van der Waals surface area contributed by atoms with Crippen molar-refractivity contribution >= 4 is 11.3 Å². The standard InChI is InChI=1S/C18H24N2S/c1-14-12-19-17(11-16-7-4-3-5-8-16)13-20(14)15(2)18-9-6-10-21-18/h3-10,14-15,17,19H,11-13H2,1-2H3. The van der Waals surface area contributed by atoms with Crippen LogP contribution in [0.4, 0.5) is 0 Å². The van der Waals surface area contributed by atoms with Gasteiger partial charge in [-0.1, -0.05) is 36.4 Å². The van der Waals surface area contributed by atoms with Gasteiger partial charge in [-0.15, -0.1) is 11.3 Å². The fourth-order valence-corrected chi connectivity index (χ4v) is 4.02. The molecule has 1 aliphatic rings. The predicted molar refractivity (Wildman–Crippen MR) is 90.8 cm³/mol. The normalized spacial score (nSPS) is 24.9. The quantitative estimate of drug-likeness (QED) is 0.926. The molecule has 1 aliphatic heterocycles. The van der Waals surface area contributed by atoms with Gasteiger partial charge in [0.15, 0.2) is 0 Å². The Hall–Kier alpha value is -1.16. The monoisotopic (exact) mass is 300 g/mol. The van der Waals surface area contributed by atoms with Crippen molar-refractivity contribution < 1.29 is 0 Å². The molecule has 1 aromatic heterocycles. The number of nitrogens with one attached hydrogen (secondary N) is 1. The van der Waals surface area contributed by atoms with E-state index in [0.29, 0.717) is 18.1 Å². The number of benzene rings is 1. The van der Waals surface area contributed by atoms with E-state index in [2.05, 4.69) is 71.9 Å². The molecule has 2 aromatic rings. The van der Waals surface area contributed by atoms with Gasteiger partial charge in [-0.2, -0.15) is 0 Å². The highest BCUT2D eigenvalue weighted by atomic mass is 32.1. The van der Waals surface area contributed by atoms with E-state index in [1.54, 1.807) is 0 Å². The lowest BCUT2D eigenvalue weighted by Crippen LogP contribution is -2.56. The third kappa shape index (κ3) is 3.54. The third-order valence-electron chi connectivity index (χ3n) is 4.48. The van der Waals surface area contributed by atoms with Crippen molar-refractivity contribution in [2.75, 3.05) is 13.1 Å². The summed E-state index contributed by atoms with van der Waals surface area (Å²) in [5, 5.41) is 5.89. The Labute approximate surface area is 131 Å². The van der Waals surface area contributed by atoms with Gasteiger partial charge in [-0.3, -0.25) is 4.90 Å². The van der Waals surface area contributed by atoms with Crippen LogP contribution < -0.4 is 5.32 Å². The van der Waals surface area contributed by atoms with Crippen LogP contribution >= 0.6 is 11.3 Å². The topological polar surface area (TPSA) is 15.3 Å². The summed E-state index contributed by atoms with van der Waals surface area (Å²) in [6, 6.07) is 16.9. The first-order chi connectivity index (χ1) is 10.2. The average Bonchev–Trinajstić information content (AvgIpc) is 3.04. The summed E-state index contributed by atoms with van der Waals surface area (Å²) < 4.78 is 0. The zero-order valence-electron chi connectivity index (χ0n) is 12.8. The fourth-order valence-electron chi connectivity index (χ4n) is 3.22. The van der Waals surface area contributed by atoms with Crippen molar-refractivity contribution in [1.82, 2.24) is 10.2 Å². The first-order valence-electron chi connectivity index (χ1n) is 7.80. The largest absolute Gasteiger partial charge is 0.311 e. The number of thiophene rings is 1. The maximum absolute atomic E-state index is 3.71. The van der Waals surface area contributed by atoms with E-state index in [0.717, 1.165) is 19.5 Å². The van der Waals surface area contributed by atoms with Gasteiger partial charge in [0.25, 0.3) is 0 Å². The molecule has 2 nitrogen and oxygen atoms in total. The minimum Gasteiger partial charge on any atom is -0.311 e. The summed E-state index contributed by atoms with van der Waals surface area (Å²) >= 11 is 1.87. The summed E-state index contributed by atoms with van der Waals surface area (Å²) in [5.74, 6) is 0. The first-order valence-corrected chi connectivity index (χ1v) is 8.68. The van der Waals surface area contributed by atoms with Gasteiger partial charge in [0, 0.05) is 36.1 Å². The van der Waals surface area contributed by atoms with Crippen molar-refractivity contribution in [2.24, 2.45) is 0 Å². The van der Waals surface area contributed by atoms with Crippen LogP contribution in [-0.4, -0.2) is 30.1 Å². The van der Waals surface area contributed by atoms with Crippen LogP contribution in [-0.2, 0) is 6.42 Å². The van der Waals surface area contributed by atoms with E-state index in [-0.39, 0.29) is 0 Å². The summed E-state index contributed by atoms with van der Waals surface area (Å²) in [5.41, 5.74) is 1.42. The van der Waals surface area contributed by atoms with Crippen LogP contribution in [0.2, 0.25) is 0 Å². The average molecular weight is 300 g/mol. The molecular formula is C18H24N2S. The first kappa shape index (κ1) is 14.8. The smallest absolute Gasteiger partial charge is 0.0417 e. The van der Waals surface area contributed by atoms with E-state index < -0.39 is 0 Å². The van der Waals surface area contributed by atoms with Gasteiger partial charge in [0.2, 0.25) is 0 Å². The molecule has 1 aromatic carbocycles. The Morgan fingerprint density at radius 3 is 2.76 bits per heavy atom.